The molecule has 5 heteroatoms. The quantitative estimate of drug-likeness (QED) is 0.636. The number of likely N-dealkylation sites (tertiary alicyclic amines) is 1. The van der Waals surface area contributed by atoms with E-state index >= 15 is 0 Å². The smallest absolute Gasteiger partial charge is 0.336 e. The Balaban J connectivity index is 1.67. The molecule has 0 saturated carbocycles. The second kappa shape index (κ2) is 7.45. The van der Waals surface area contributed by atoms with Crippen LogP contribution in [0.5, 0.6) is 11.5 Å². The van der Waals surface area contributed by atoms with Crippen LogP contribution in [0.15, 0.2) is 57.7 Å². The Kier molecular flexibility index (Phi) is 4.86. The lowest BCUT2D eigenvalue weighted by molar-refractivity contribution is 0.248. The molecule has 3 aromatic rings. The average molecular weight is 365 g/mol. The highest BCUT2D eigenvalue weighted by molar-refractivity contribution is 5.81. The monoisotopic (exact) mass is 365 g/mol. The summed E-state index contributed by atoms with van der Waals surface area (Å²) in [5.74, 6) is 1.55. The number of rotatable bonds is 5. The largest absolute Gasteiger partial charge is 0.497 e. The summed E-state index contributed by atoms with van der Waals surface area (Å²) in [6.45, 7) is 1.70. The third-order valence-electron chi connectivity index (χ3n) is 5.25. The molecule has 0 N–H and O–H groups in total. The van der Waals surface area contributed by atoms with Gasteiger partial charge in [-0.2, -0.15) is 0 Å². The van der Waals surface area contributed by atoms with Crippen LogP contribution in [0.1, 0.15) is 30.0 Å². The predicted molar refractivity (Wildman–Crippen MR) is 104 cm³/mol. The van der Waals surface area contributed by atoms with Gasteiger partial charge in [0.05, 0.1) is 14.2 Å². The van der Waals surface area contributed by atoms with E-state index in [0.29, 0.717) is 23.9 Å². The van der Waals surface area contributed by atoms with Crippen LogP contribution in [0.2, 0.25) is 0 Å². The number of nitrogens with zero attached hydrogens (tertiary/aromatic N) is 1. The topological polar surface area (TPSA) is 51.9 Å². The number of methoxy groups -OCH3 is 2. The molecule has 0 unspecified atom stereocenters. The fourth-order valence-electron chi connectivity index (χ4n) is 3.93. The highest BCUT2D eigenvalue weighted by Crippen LogP contribution is 2.35. The molecule has 140 valence electrons. The highest BCUT2D eigenvalue weighted by atomic mass is 16.5. The van der Waals surface area contributed by atoms with Gasteiger partial charge in [-0.05, 0) is 54.8 Å². The summed E-state index contributed by atoms with van der Waals surface area (Å²) < 4.78 is 16.0. The molecule has 0 bridgehead atoms. The number of hydrogen-bond acceptors (Lipinski definition) is 5. The van der Waals surface area contributed by atoms with Crippen LogP contribution in [-0.2, 0) is 6.54 Å². The molecule has 0 amide bonds. The molecule has 2 heterocycles. The molecule has 2 aromatic carbocycles. The molecular weight excluding hydrogens is 342 g/mol. The van der Waals surface area contributed by atoms with E-state index in [1.54, 1.807) is 26.4 Å². The van der Waals surface area contributed by atoms with Crippen molar-refractivity contribution < 1.29 is 13.9 Å². The molecular formula is C22H23NO4. The zero-order valence-corrected chi connectivity index (χ0v) is 15.6. The fourth-order valence-corrected chi connectivity index (χ4v) is 3.93. The molecule has 27 heavy (non-hydrogen) atoms. The SMILES string of the molecule is COc1cccc([C@H]2CCCN2Cc2cc(=O)oc3cc(OC)ccc23)c1. The van der Waals surface area contributed by atoms with E-state index in [4.69, 9.17) is 13.9 Å². The Morgan fingerprint density at radius 2 is 1.89 bits per heavy atom. The summed E-state index contributed by atoms with van der Waals surface area (Å²) in [7, 11) is 3.29. The van der Waals surface area contributed by atoms with E-state index in [2.05, 4.69) is 17.0 Å². The number of ether oxygens (including phenoxy) is 2. The van der Waals surface area contributed by atoms with Gasteiger partial charge in [-0.1, -0.05) is 12.1 Å². The summed E-state index contributed by atoms with van der Waals surface area (Å²) in [6, 6.07) is 15.8. The minimum atomic E-state index is -0.331. The van der Waals surface area contributed by atoms with Crippen molar-refractivity contribution in [2.24, 2.45) is 0 Å². The van der Waals surface area contributed by atoms with Gasteiger partial charge in [0.25, 0.3) is 0 Å². The molecule has 1 aliphatic heterocycles. The van der Waals surface area contributed by atoms with Crippen molar-refractivity contribution in [2.75, 3.05) is 20.8 Å². The Labute approximate surface area is 158 Å². The molecule has 0 spiro atoms. The molecule has 1 fully saturated rings. The van der Waals surface area contributed by atoms with Crippen molar-refractivity contribution in [3.63, 3.8) is 0 Å². The van der Waals surface area contributed by atoms with Gasteiger partial charge in [0.2, 0.25) is 0 Å². The first-order valence-electron chi connectivity index (χ1n) is 9.16. The molecule has 1 saturated heterocycles. The lowest BCUT2D eigenvalue weighted by atomic mass is 10.0. The number of hydrogen-bond donors (Lipinski definition) is 0. The van der Waals surface area contributed by atoms with Gasteiger partial charge in [-0.25, -0.2) is 4.79 Å². The summed E-state index contributed by atoms with van der Waals surface area (Å²) in [4.78, 5) is 14.5. The first-order valence-corrected chi connectivity index (χ1v) is 9.16. The zero-order chi connectivity index (χ0) is 18.8. The third kappa shape index (κ3) is 3.55. The molecule has 1 aliphatic rings. The van der Waals surface area contributed by atoms with Gasteiger partial charge in [0, 0.05) is 30.1 Å². The van der Waals surface area contributed by atoms with E-state index < -0.39 is 0 Å². The van der Waals surface area contributed by atoms with Crippen LogP contribution in [0, 0.1) is 0 Å². The Bertz CT molecular complexity index is 1010. The lowest BCUT2D eigenvalue weighted by Crippen LogP contribution is -2.23. The Morgan fingerprint density at radius 3 is 2.70 bits per heavy atom. The molecule has 1 atom stereocenters. The minimum absolute atomic E-state index is 0.320. The van der Waals surface area contributed by atoms with Crippen molar-refractivity contribution >= 4 is 11.0 Å². The van der Waals surface area contributed by atoms with Crippen molar-refractivity contribution in [1.29, 1.82) is 0 Å². The van der Waals surface area contributed by atoms with Crippen LogP contribution in [0.25, 0.3) is 11.0 Å². The fraction of sp³-hybridized carbons (Fsp3) is 0.318. The van der Waals surface area contributed by atoms with E-state index in [0.717, 1.165) is 36.1 Å². The zero-order valence-electron chi connectivity index (χ0n) is 15.6. The summed E-state index contributed by atoms with van der Waals surface area (Å²) in [5, 5.41) is 0.951. The Morgan fingerprint density at radius 1 is 1.07 bits per heavy atom. The van der Waals surface area contributed by atoms with Crippen molar-refractivity contribution in [3.8, 4) is 11.5 Å². The average Bonchev–Trinajstić information content (AvgIpc) is 3.15. The molecule has 5 nitrogen and oxygen atoms in total. The molecule has 4 rings (SSSR count). The maximum absolute atomic E-state index is 12.1. The van der Waals surface area contributed by atoms with Gasteiger partial charge in [-0.15, -0.1) is 0 Å². The number of fused-ring (bicyclic) bond motifs is 1. The minimum Gasteiger partial charge on any atom is -0.497 e. The molecule has 1 aromatic heterocycles. The Hall–Kier alpha value is -2.79. The van der Waals surface area contributed by atoms with Crippen molar-refractivity contribution in [1.82, 2.24) is 4.90 Å². The van der Waals surface area contributed by atoms with Crippen LogP contribution in [0.3, 0.4) is 0 Å². The lowest BCUT2D eigenvalue weighted by Gasteiger charge is -2.25. The third-order valence-corrected chi connectivity index (χ3v) is 5.25. The second-order valence-corrected chi connectivity index (χ2v) is 6.86. The second-order valence-electron chi connectivity index (χ2n) is 6.86. The first kappa shape index (κ1) is 17.6. The van der Waals surface area contributed by atoms with Gasteiger partial charge in [0.1, 0.15) is 17.1 Å². The van der Waals surface area contributed by atoms with Crippen molar-refractivity contribution in [3.05, 3.63) is 70.1 Å². The van der Waals surface area contributed by atoms with Gasteiger partial charge >= 0.3 is 5.63 Å². The van der Waals surface area contributed by atoms with Gasteiger partial charge in [-0.3, -0.25) is 4.90 Å². The molecule has 0 aliphatic carbocycles. The maximum Gasteiger partial charge on any atom is 0.336 e. The van der Waals surface area contributed by atoms with Crippen LogP contribution >= 0.6 is 0 Å². The normalized spacial score (nSPS) is 17.3. The van der Waals surface area contributed by atoms with Crippen LogP contribution in [0.4, 0.5) is 0 Å². The van der Waals surface area contributed by atoms with Crippen molar-refractivity contribution in [2.45, 2.75) is 25.4 Å². The van der Waals surface area contributed by atoms with E-state index in [9.17, 15) is 4.79 Å². The first-order chi connectivity index (χ1) is 13.2. The summed E-state index contributed by atoms with van der Waals surface area (Å²) in [5.41, 5.74) is 2.47. The van der Waals surface area contributed by atoms with E-state index in [1.807, 2.05) is 24.3 Å². The maximum atomic E-state index is 12.1. The molecule has 0 radical (unpaired) electrons. The standard InChI is InChI=1S/C22H23NO4/c1-25-17-6-3-5-15(11-17)20-7-4-10-23(20)14-16-12-22(24)27-21-13-18(26-2)8-9-19(16)21/h3,5-6,8-9,11-13,20H,4,7,10,14H2,1-2H3/t20-/m1/s1. The summed E-state index contributed by atoms with van der Waals surface area (Å²) >= 11 is 0. The summed E-state index contributed by atoms with van der Waals surface area (Å²) in [6.07, 6.45) is 2.23. The van der Waals surface area contributed by atoms with Crippen LogP contribution in [-0.4, -0.2) is 25.7 Å². The van der Waals surface area contributed by atoms with E-state index in [1.165, 1.54) is 5.56 Å². The van der Waals surface area contributed by atoms with E-state index in [-0.39, 0.29) is 5.63 Å². The van der Waals surface area contributed by atoms with Gasteiger partial charge in [0.15, 0.2) is 0 Å². The van der Waals surface area contributed by atoms with Crippen LogP contribution < -0.4 is 15.1 Å². The number of benzene rings is 2. The highest BCUT2D eigenvalue weighted by Gasteiger charge is 2.27. The predicted octanol–water partition coefficient (Wildman–Crippen LogP) is 4.15. The van der Waals surface area contributed by atoms with Gasteiger partial charge < -0.3 is 13.9 Å².